The summed E-state index contributed by atoms with van der Waals surface area (Å²) in [6, 6.07) is 22.0. The molecular weight excluding hydrogens is 412 g/mol. The highest BCUT2D eigenvalue weighted by atomic mass is 32.1. The van der Waals surface area contributed by atoms with E-state index in [0.717, 1.165) is 39.0 Å². The van der Waals surface area contributed by atoms with Crippen molar-refractivity contribution in [1.82, 2.24) is 9.47 Å². The number of aromatic nitrogens is 1. The molecule has 0 unspecified atom stereocenters. The molecular formula is C28H30N2OS. The van der Waals surface area contributed by atoms with Gasteiger partial charge in [0.2, 0.25) is 0 Å². The number of rotatable bonds is 6. The number of ether oxygens (including phenoxy) is 1. The van der Waals surface area contributed by atoms with E-state index in [1.807, 2.05) is 0 Å². The van der Waals surface area contributed by atoms with Crippen molar-refractivity contribution in [2.75, 3.05) is 19.6 Å². The van der Waals surface area contributed by atoms with Crippen molar-refractivity contribution in [2.24, 2.45) is 0 Å². The first-order chi connectivity index (χ1) is 15.8. The summed E-state index contributed by atoms with van der Waals surface area (Å²) in [4.78, 5) is 2.64. The number of nitrogens with zero attached hydrogens (tertiary/aromatic N) is 2. The minimum absolute atomic E-state index is 0.0171. The predicted molar refractivity (Wildman–Crippen MR) is 133 cm³/mol. The monoisotopic (exact) mass is 442 g/mol. The number of aryl methyl sites for hydroxylation is 1. The summed E-state index contributed by atoms with van der Waals surface area (Å²) in [7, 11) is 0. The minimum atomic E-state index is -0.0171. The zero-order chi connectivity index (χ0) is 21.4. The molecule has 32 heavy (non-hydrogen) atoms. The van der Waals surface area contributed by atoms with Gasteiger partial charge in [-0.05, 0) is 78.9 Å². The average Bonchev–Trinajstić information content (AvgIpc) is 3.57. The summed E-state index contributed by atoms with van der Waals surface area (Å²) in [5.74, 6) is 0. The molecule has 4 aromatic rings. The van der Waals surface area contributed by atoms with Crippen LogP contribution in [0, 0.1) is 0 Å². The van der Waals surface area contributed by atoms with E-state index in [4.69, 9.17) is 4.74 Å². The average molecular weight is 443 g/mol. The van der Waals surface area contributed by atoms with E-state index < -0.39 is 0 Å². The quantitative estimate of drug-likeness (QED) is 0.316. The Labute approximate surface area is 194 Å². The molecule has 2 aliphatic heterocycles. The molecule has 3 nitrogen and oxygen atoms in total. The number of fused-ring (bicyclic) bond motifs is 3. The topological polar surface area (TPSA) is 17.4 Å². The Morgan fingerprint density at radius 2 is 1.75 bits per heavy atom. The van der Waals surface area contributed by atoms with E-state index in [-0.39, 0.29) is 5.60 Å². The van der Waals surface area contributed by atoms with E-state index in [0.29, 0.717) is 0 Å². The van der Waals surface area contributed by atoms with Gasteiger partial charge in [-0.1, -0.05) is 42.5 Å². The van der Waals surface area contributed by atoms with Crippen LogP contribution in [0.4, 0.5) is 0 Å². The second kappa shape index (κ2) is 8.51. The molecule has 1 saturated heterocycles. The van der Waals surface area contributed by atoms with E-state index in [2.05, 4.69) is 81.7 Å². The van der Waals surface area contributed by atoms with Crippen molar-refractivity contribution in [2.45, 2.75) is 44.3 Å². The Morgan fingerprint density at radius 3 is 2.62 bits per heavy atom. The van der Waals surface area contributed by atoms with Gasteiger partial charge in [0.1, 0.15) is 0 Å². The number of para-hydroxylation sites is 1. The molecule has 0 bridgehead atoms. The molecule has 4 heterocycles. The zero-order valence-corrected chi connectivity index (χ0v) is 19.3. The molecule has 0 radical (unpaired) electrons. The molecule has 1 fully saturated rings. The van der Waals surface area contributed by atoms with Gasteiger partial charge in [0.15, 0.2) is 0 Å². The predicted octanol–water partition coefficient (Wildman–Crippen LogP) is 6.54. The molecule has 164 valence electrons. The molecule has 0 atom stereocenters. The first-order valence-electron chi connectivity index (χ1n) is 11.9. The second-order valence-corrected chi connectivity index (χ2v) is 10.2. The number of unbranched alkanes of at least 4 members (excludes halogenated alkanes) is 1. The number of piperidine rings is 1. The van der Waals surface area contributed by atoms with Crippen molar-refractivity contribution in [1.29, 1.82) is 0 Å². The highest BCUT2D eigenvalue weighted by molar-refractivity contribution is 7.12. The summed E-state index contributed by atoms with van der Waals surface area (Å²) in [6.07, 6.45) is 8.24. The van der Waals surface area contributed by atoms with Crippen molar-refractivity contribution in [3.05, 3.63) is 88.9 Å². The lowest BCUT2D eigenvalue weighted by Crippen LogP contribution is -2.42. The van der Waals surface area contributed by atoms with Gasteiger partial charge in [0, 0.05) is 24.7 Å². The van der Waals surface area contributed by atoms with E-state index in [1.165, 1.54) is 52.0 Å². The number of thiophene rings is 1. The Morgan fingerprint density at radius 1 is 0.906 bits per heavy atom. The van der Waals surface area contributed by atoms with Gasteiger partial charge in [-0.15, -0.1) is 11.3 Å². The van der Waals surface area contributed by atoms with Gasteiger partial charge in [0.25, 0.3) is 0 Å². The zero-order valence-electron chi connectivity index (χ0n) is 18.5. The second-order valence-electron chi connectivity index (χ2n) is 9.23. The van der Waals surface area contributed by atoms with Crippen LogP contribution in [-0.2, 0) is 23.4 Å². The summed E-state index contributed by atoms with van der Waals surface area (Å²) >= 11 is 1.80. The Kier molecular flexibility index (Phi) is 5.38. The van der Waals surface area contributed by atoms with E-state index >= 15 is 0 Å². The summed E-state index contributed by atoms with van der Waals surface area (Å²) in [6.45, 7) is 4.27. The molecule has 2 aromatic carbocycles. The summed E-state index contributed by atoms with van der Waals surface area (Å²) < 4.78 is 8.69. The highest BCUT2D eigenvalue weighted by Crippen LogP contribution is 2.44. The SMILES string of the molecule is c1csc(-n2cc(CCCCN3CCC4(CC3)OCc3ccccc34)c3ccccc32)c1. The van der Waals surface area contributed by atoms with Gasteiger partial charge < -0.3 is 14.2 Å². The van der Waals surface area contributed by atoms with Crippen molar-refractivity contribution >= 4 is 22.2 Å². The Bertz CT molecular complexity index is 1200. The Hall–Kier alpha value is -2.40. The van der Waals surface area contributed by atoms with Gasteiger partial charge in [-0.2, -0.15) is 0 Å². The van der Waals surface area contributed by atoms with Crippen LogP contribution in [0.15, 0.2) is 72.2 Å². The van der Waals surface area contributed by atoms with Gasteiger partial charge in [0.05, 0.1) is 22.7 Å². The maximum absolute atomic E-state index is 6.33. The Balaban J connectivity index is 1.05. The van der Waals surface area contributed by atoms with Gasteiger partial charge in [-0.25, -0.2) is 0 Å². The van der Waals surface area contributed by atoms with Crippen LogP contribution in [0.5, 0.6) is 0 Å². The van der Waals surface area contributed by atoms with Gasteiger partial charge in [-0.3, -0.25) is 0 Å². The molecule has 2 aromatic heterocycles. The summed E-state index contributed by atoms with van der Waals surface area (Å²) in [5.41, 5.74) is 5.62. The van der Waals surface area contributed by atoms with Crippen molar-refractivity contribution < 1.29 is 4.74 Å². The first-order valence-corrected chi connectivity index (χ1v) is 12.8. The van der Waals surface area contributed by atoms with Gasteiger partial charge >= 0.3 is 0 Å². The fourth-order valence-corrected chi connectivity index (χ4v) is 6.34. The normalized spacial score (nSPS) is 17.9. The minimum Gasteiger partial charge on any atom is -0.365 e. The third-order valence-corrected chi connectivity index (χ3v) is 8.25. The van der Waals surface area contributed by atoms with Crippen LogP contribution in [0.25, 0.3) is 15.9 Å². The molecule has 0 N–H and O–H groups in total. The van der Waals surface area contributed by atoms with E-state index in [1.54, 1.807) is 11.3 Å². The standard InChI is InChI=1S/C28H30N2OS/c1-3-11-25-23(9-1)21-31-28(25)14-17-29(18-15-28)16-6-5-8-22-20-30(27-13-7-19-32-27)26-12-4-2-10-24(22)26/h1-4,7,9-13,19-20H,5-6,8,14-18,21H2. The van der Waals surface area contributed by atoms with Crippen molar-refractivity contribution in [3.8, 4) is 5.00 Å². The third kappa shape index (κ3) is 3.61. The number of benzene rings is 2. The largest absolute Gasteiger partial charge is 0.365 e. The van der Waals surface area contributed by atoms with Crippen LogP contribution in [0.3, 0.4) is 0 Å². The maximum atomic E-state index is 6.33. The lowest BCUT2D eigenvalue weighted by atomic mass is 9.84. The molecule has 6 rings (SSSR count). The van der Waals surface area contributed by atoms with Crippen LogP contribution >= 0.6 is 11.3 Å². The first kappa shape index (κ1) is 20.2. The molecule has 2 aliphatic rings. The maximum Gasteiger partial charge on any atom is 0.0994 e. The molecule has 4 heteroatoms. The molecule has 0 aliphatic carbocycles. The van der Waals surface area contributed by atoms with Crippen LogP contribution in [0.1, 0.15) is 42.4 Å². The smallest absolute Gasteiger partial charge is 0.0994 e. The lowest BCUT2D eigenvalue weighted by molar-refractivity contribution is -0.0788. The van der Waals surface area contributed by atoms with Crippen LogP contribution < -0.4 is 0 Å². The van der Waals surface area contributed by atoms with Crippen molar-refractivity contribution in [3.63, 3.8) is 0 Å². The number of likely N-dealkylation sites (tertiary alicyclic amines) is 1. The molecule has 0 amide bonds. The lowest BCUT2D eigenvalue weighted by Gasteiger charge is -2.39. The fraction of sp³-hybridized carbons (Fsp3) is 0.357. The fourth-order valence-electron chi connectivity index (χ4n) is 5.63. The van der Waals surface area contributed by atoms with Crippen LogP contribution in [-0.4, -0.2) is 29.1 Å². The van der Waals surface area contributed by atoms with Crippen LogP contribution in [0.2, 0.25) is 0 Å². The molecule has 0 saturated carbocycles. The third-order valence-electron chi connectivity index (χ3n) is 7.38. The highest BCUT2D eigenvalue weighted by Gasteiger charge is 2.42. The number of hydrogen-bond acceptors (Lipinski definition) is 3. The summed E-state index contributed by atoms with van der Waals surface area (Å²) in [5, 5.41) is 4.85. The van der Waals surface area contributed by atoms with E-state index in [9.17, 15) is 0 Å². The molecule has 1 spiro atoms. The number of hydrogen-bond donors (Lipinski definition) is 0.